The standard InChI is InChI=1S/C18H23N3/c1-14-6-5-9-20-18(14)13-21-11-16(10-19)17(12-21)15-7-3-2-4-8-15/h2-9,16-17H,10-13,19H2,1H3/t16-,17+/m1/s1. The highest BCUT2D eigenvalue weighted by atomic mass is 15.2. The molecule has 2 heterocycles. The molecule has 3 heteroatoms. The van der Waals surface area contributed by atoms with E-state index in [1.165, 1.54) is 16.8 Å². The summed E-state index contributed by atoms with van der Waals surface area (Å²) in [7, 11) is 0. The van der Waals surface area contributed by atoms with Gasteiger partial charge < -0.3 is 5.73 Å². The maximum absolute atomic E-state index is 6.00. The third kappa shape index (κ3) is 3.14. The Morgan fingerprint density at radius 3 is 2.67 bits per heavy atom. The van der Waals surface area contributed by atoms with E-state index in [0.29, 0.717) is 11.8 Å². The summed E-state index contributed by atoms with van der Waals surface area (Å²) < 4.78 is 0. The van der Waals surface area contributed by atoms with Gasteiger partial charge >= 0.3 is 0 Å². The number of aryl methyl sites for hydroxylation is 1. The summed E-state index contributed by atoms with van der Waals surface area (Å²) >= 11 is 0. The Morgan fingerprint density at radius 1 is 1.14 bits per heavy atom. The molecule has 1 saturated heterocycles. The minimum atomic E-state index is 0.538. The second-order valence-electron chi connectivity index (χ2n) is 5.97. The van der Waals surface area contributed by atoms with Gasteiger partial charge in [-0.2, -0.15) is 0 Å². The van der Waals surface area contributed by atoms with Gasteiger partial charge in [0.05, 0.1) is 5.69 Å². The molecule has 0 amide bonds. The van der Waals surface area contributed by atoms with E-state index in [9.17, 15) is 0 Å². The van der Waals surface area contributed by atoms with Gasteiger partial charge in [-0.05, 0) is 36.6 Å². The minimum absolute atomic E-state index is 0.538. The number of nitrogens with zero attached hydrogens (tertiary/aromatic N) is 2. The molecule has 3 rings (SSSR count). The van der Waals surface area contributed by atoms with Crippen LogP contribution in [0.5, 0.6) is 0 Å². The Balaban J connectivity index is 1.74. The predicted octanol–water partition coefficient (Wildman–Crippen LogP) is 2.56. The highest BCUT2D eigenvalue weighted by molar-refractivity contribution is 5.23. The lowest BCUT2D eigenvalue weighted by atomic mass is 9.89. The molecule has 1 aliphatic heterocycles. The number of pyridine rings is 1. The van der Waals surface area contributed by atoms with Crippen LogP contribution < -0.4 is 5.73 Å². The Morgan fingerprint density at radius 2 is 1.95 bits per heavy atom. The molecule has 0 spiro atoms. The first kappa shape index (κ1) is 14.2. The first-order chi connectivity index (χ1) is 10.3. The molecule has 0 radical (unpaired) electrons. The van der Waals surface area contributed by atoms with Crippen molar-refractivity contribution in [2.45, 2.75) is 19.4 Å². The fourth-order valence-electron chi connectivity index (χ4n) is 3.30. The summed E-state index contributed by atoms with van der Waals surface area (Å²) in [6, 6.07) is 14.9. The Hall–Kier alpha value is -1.71. The minimum Gasteiger partial charge on any atom is -0.330 e. The van der Waals surface area contributed by atoms with E-state index in [-0.39, 0.29) is 0 Å². The fourth-order valence-corrected chi connectivity index (χ4v) is 3.30. The molecule has 2 N–H and O–H groups in total. The van der Waals surface area contributed by atoms with Crippen molar-refractivity contribution in [3.63, 3.8) is 0 Å². The van der Waals surface area contributed by atoms with Crippen LogP contribution in [0.25, 0.3) is 0 Å². The Kier molecular flexibility index (Phi) is 4.32. The largest absolute Gasteiger partial charge is 0.330 e. The molecule has 1 aromatic heterocycles. The lowest BCUT2D eigenvalue weighted by Crippen LogP contribution is -2.23. The van der Waals surface area contributed by atoms with Gasteiger partial charge in [-0.15, -0.1) is 0 Å². The van der Waals surface area contributed by atoms with Gasteiger partial charge in [0.25, 0.3) is 0 Å². The topological polar surface area (TPSA) is 42.2 Å². The summed E-state index contributed by atoms with van der Waals surface area (Å²) in [6.07, 6.45) is 1.88. The Bertz CT molecular complexity index is 582. The fraction of sp³-hybridized carbons (Fsp3) is 0.389. The average molecular weight is 281 g/mol. The number of nitrogens with two attached hydrogens (primary N) is 1. The molecule has 3 nitrogen and oxygen atoms in total. The summed E-state index contributed by atoms with van der Waals surface area (Å²) in [5, 5.41) is 0. The van der Waals surface area contributed by atoms with Crippen LogP contribution in [0.3, 0.4) is 0 Å². The molecular formula is C18H23N3. The van der Waals surface area contributed by atoms with Gasteiger partial charge in [-0.3, -0.25) is 9.88 Å². The second kappa shape index (κ2) is 6.37. The number of rotatable bonds is 4. The molecule has 0 aliphatic carbocycles. The SMILES string of the molecule is Cc1cccnc1CN1C[C@@H](CN)[C@H](c2ccccc2)C1. The van der Waals surface area contributed by atoms with Gasteiger partial charge in [-0.1, -0.05) is 36.4 Å². The Labute approximate surface area is 126 Å². The molecule has 0 bridgehead atoms. The van der Waals surface area contributed by atoms with Gasteiger partial charge in [0.2, 0.25) is 0 Å². The third-order valence-corrected chi connectivity index (χ3v) is 4.54. The molecule has 21 heavy (non-hydrogen) atoms. The van der Waals surface area contributed by atoms with Crippen LogP contribution in [0.2, 0.25) is 0 Å². The van der Waals surface area contributed by atoms with Crippen molar-refractivity contribution in [3.05, 3.63) is 65.5 Å². The number of hydrogen-bond acceptors (Lipinski definition) is 3. The van der Waals surface area contributed by atoms with E-state index in [1.807, 2.05) is 12.3 Å². The number of likely N-dealkylation sites (tertiary alicyclic amines) is 1. The van der Waals surface area contributed by atoms with E-state index >= 15 is 0 Å². The van der Waals surface area contributed by atoms with Crippen molar-refractivity contribution in [2.75, 3.05) is 19.6 Å². The highest BCUT2D eigenvalue weighted by Crippen LogP contribution is 2.32. The number of benzene rings is 1. The quantitative estimate of drug-likeness (QED) is 0.936. The van der Waals surface area contributed by atoms with Crippen molar-refractivity contribution in [3.8, 4) is 0 Å². The van der Waals surface area contributed by atoms with Crippen LogP contribution >= 0.6 is 0 Å². The van der Waals surface area contributed by atoms with Crippen molar-refractivity contribution in [1.82, 2.24) is 9.88 Å². The summed E-state index contributed by atoms with van der Waals surface area (Å²) in [4.78, 5) is 7.01. The van der Waals surface area contributed by atoms with Crippen LogP contribution in [-0.2, 0) is 6.54 Å². The molecular weight excluding hydrogens is 258 g/mol. The molecule has 1 aliphatic rings. The second-order valence-corrected chi connectivity index (χ2v) is 5.97. The highest BCUT2D eigenvalue weighted by Gasteiger charge is 2.32. The molecule has 2 aromatic rings. The van der Waals surface area contributed by atoms with Crippen LogP contribution in [0, 0.1) is 12.8 Å². The van der Waals surface area contributed by atoms with Gasteiger partial charge in [-0.25, -0.2) is 0 Å². The molecule has 110 valence electrons. The first-order valence-electron chi connectivity index (χ1n) is 7.66. The zero-order chi connectivity index (χ0) is 14.7. The van der Waals surface area contributed by atoms with Crippen molar-refractivity contribution in [1.29, 1.82) is 0 Å². The van der Waals surface area contributed by atoms with Crippen LogP contribution in [0.4, 0.5) is 0 Å². The van der Waals surface area contributed by atoms with Gasteiger partial charge in [0.15, 0.2) is 0 Å². The summed E-state index contributed by atoms with van der Waals surface area (Å²) in [5.41, 5.74) is 9.87. The zero-order valence-electron chi connectivity index (χ0n) is 12.6. The van der Waals surface area contributed by atoms with Gasteiger partial charge in [0, 0.05) is 31.7 Å². The molecule has 0 saturated carbocycles. The van der Waals surface area contributed by atoms with Crippen LogP contribution in [-0.4, -0.2) is 29.5 Å². The van der Waals surface area contributed by atoms with E-state index in [2.05, 4.69) is 53.2 Å². The van der Waals surface area contributed by atoms with Crippen molar-refractivity contribution < 1.29 is 0 Å². The molecule has 1 fully saturated rings. The van der Waals surface area contributed by atoms with Crippen molar-refractivity contribution in [2.24, 2.45) is 11.7 Å². The lowest BCUT2D eigenvalue weighted by Gasteiger charge is -2.17. The summed E-state index contributed by atoms with van der Waals surface area (Å²) in [6.45, 7) is 5.94. The third-order valence-electron chi connectivity index (χ3n) is 4.54. The molecule has 1 aromatic carbocycles. The van der Waals surface area contributed by atoms with E-state index in [1.54, 1.807) is 0 Å². The maximum atomic E-state index is 6.00. The molecule has 2 atom stereocenters. The zero-order valence-corrected chi connectivity index (χ0v) is 12.6. The average Bonchev–Trinajstić information content (AvgIpc) is 2.93. The summed E-state index contributed by atoms with van der Waals surface area (Å²) in [5.74, 6) is 1.08. The van der Waals surface area contributed by atoms with Gasteiger partial charge in [0.1, 0.15) is 0 Å². The normalized spacial score (nSPS) is 22.6. The monoisotopic (exact) mass is 281 g/mol. The van der Waals surface area contributed by atoms with Crippen molar-refractivity contribution >= 4 is 0 Å². The van der Waals surface area contributed by atoms with E-state index in [4.69, 9.17) is 5.73 Å². The predicted molar refractivity (Wildman–Crippen MR) is 86.0 cm³/mol. The number of hydrogen-bond donors (Lipinski definition) is 1. The molecule has 0 unspecified atom stereocenters. The van der Waals surface area contributed by atoms with Crippen LogP contribution in [0.15, 0.2) is 48.7 Å². The van der Waals surface area contributed by atoms with E-state index in [0.717, 1.165) is 26.2 Å². The number of aromatic nitrogens is 1. The lowest BCUT2D eigenvalue weighted by molar-refractivity contribution is 0.312. The smallest absolute Gasteiger partial charge is 0.0573 e. The maximum Gasteiger partial charge on any atom is 0.0573 e. The van der Waals surface area contributed by atoms with E-state index < -0.39 is 0 Å². The first-order valence-corrected chi connectivity index (χ1v) is 7.66. The van der Waals surface area contributed by atoms with Crippen LogP contribution in [0.1, 0.15) is 22.7 Å².